The summed E-state index contributed by atoms with van der Waals surface area (Å²) in [4.78, 5) is 0.0107. The third-order valence-electron chi connectivity index (χ3n) is 3.15. The Morgan fingerprint density at radius 3 is 1.87 bits per heavy atom. The molecule has 0 aromatic heterocycles. The first-order chi connectivity index (χ1) is 10.8. The van der Waals surface area contributed by atoms with Crippen LogP contribution in [0.1, 0.15) is 45.1 Å². The van der Waals surface area contributed by atoms with Crippen LogP contribution in [-0.2, 0) is 28.8 Å². The van der Waals surface area contributed by atoms with Crippen molar-refractivity contribution in [2.45, 2.75) is 50.6 Å². The van der Waals surface area contributed by atoms with Gasteiger partial charge in [0.15, 0.2) is 0 Å². The normalized spacial score (nSPS) is 12.5. The summed E-state index contributed by atoms with van der Waals surface area (Å²) in [6.45, 7) is 4.82. The highest BCUT2D eigenvalue weighted by Crippen LogP contribution is 2.51. The van der Waals surface area contributed by atoms with E-state index >= 15 is 0 Å². The summed E-state index contributed by atoms with van der Waals surface area (Å²) in [6.07, 6.45) is 3.62. The summed E-state index contributed by atoms with van der Waals surface area (Å²) in [5.74, 6) is 0. The van der Waals surface area contributed by atoms with Crippen LogP contribution in [0.25, 0.3) is 0 Å². The molecule has 0 radical (unpaired) electrons. The van der Waals surface area contributed by atoms with Crippen molar-refractivity contribution in [2.24, 2.45) is 0 Å². The fourth-order valence-corrected chi connectivity index (χ4v) is 4.30. The molecule has 0 saturated carbocycles. The lowest BCUT2D eigenvalue weighted by molar-refractivity contribution is 0.199. The van der Waals surface area contributed by atoms with Crippen molar-refractivity contribution in [1.82, 2.24) is 0 Å². The predicted molar refractivity (Wildman–Crippen MR) is 92.5 cm³/mol. The molecular formula is C15H24ClO5PS. The summed E-state index contributed by atoms with van der Waals surface area (Å²) in [5, 5.41) is 0. The van der Waals surface area contributed by atoms with Crippen LogP contribution in [0, 0.1) is 0 Å². The van der Waals surface area contributed by atoms with Crippen LogP contribution in [0.5, 0.6) is 0 Å². The Kier molecular flexibility index (Phi) is 8.80. The largest absolute Gasteiger partial charge is 0.335 e. The van der Waals surface area contributed by atoms with Gasteiger partial charge in [0.25, 0.3) is 9.05 Å². The molecule has 1 aromatic rings. The van der Waals surface area contributed by atoms with E-state index < -0.39 is 16.6 Å². The second kappa shape index (κ2) is 9.80. The molecule has 132 valence electrons. The standard InChI is InChI=1S/C15H24ClO5PS/c1-3-5-11-20-22(17,21-12-6-4-2)13-14-7-9-15(10-8-14)23(16,18)19/h7-10H,3-6,11-13H2,1-2H3. The van der Waals surface area contributed by atoms with Gasteiger partial charge in [-0.2, -0.15) is 0 Å². The topological polar surface area (TPSA) is 69.7 Å². The van der Waals surface area contributed by atoms with Gasteiger partial charge >= 0.3 is 7.60 Å². The lowest BCUT2D eigenvalue weighted by Gasteiger charge is -2.18. The van der Waals surface area contributed by atoms with Gasteiger partial charge in [-0.15, -0.1) is 0 Å². The molecule has 0 bridgehead atoms. The Labute approximate surface area is 143 Å². The SMILES string of the molecule is CCCCOP(=O)(Cc1ccc(S(=O)(=O)Cl)cc1)OCCCC. The molecular weight excluding hydrogens is 359 g/mol. The maximum Gasteiger partial charge on any atom is 0.335 e. The molecule has 5 nitrogen and oxygen atoms in total. The van der Waals surface area contributed by atoms with Crippen LogP contribution in [0.15, 0.2) is 29.2 Å². The average molecular weight is 383 g/mol. The molecule has 0 aliphatic carbocycles. The molecule has 1 rings (SSSR count). The monoisotopic (exact) mass is 382 g/mol. The molecule has 0 unspecified atom stereocenters. The molecule has 0 fully saturated rings. The summed E-state index contributed by atoms with van der Waals surface area (Å²) >= 11 is 0. The Morgan fingerprint density at radius 1 is 1.00 bits per heavy atom. The molecule has 0 aliphatic rings. The van der Waals surface area contributed by atoms with Crippen molar-refractivity contribution in [3.8, 4) is 0 Å². The van der Waals surface area contributed by atoms with Gasteiger partial charge in [0.1, 0.15) is 0 Å². The number of benzene rings is 1. The summed E-state index contributed by atoms with van der Waals surface area (Å²) in [6, 6.07) is 5.93. The second-order valence-electron chi connectivity index (χ2n) is 5.22. The van der Waals surface area contributed by atoms with Gasteiger partial charge in [-0.3, -0.25) is 4.57 Å². The van der Waals surface area contributed by atoms with Gasteiger partial charge < -0.3 is 9.05 Å². The first-order valence-corrected chi connectivity index (χ1v) is 11.8. The fourth-order valence-electron chi connectivity index (χ4n) is 1.81. The zero-order valence-corrected chi connectivity index (χ0v) is 16.0. The minimum absolute atomic E-state index is 0.0107. The number of rotatable bonds is 11. The van der Waals surface area contributed by atoms with Crippen molar-refractivity contribution in [3.05, 3.63) is 29.8 Å². The molecule has 1 aromatic carbocycles. The second-order valence-corrected chi connectivity index (χ2v) is 9.84. The smallest absolute Gasteiger partial charge is 0.308 e. The van der Waals surface area contributed by atoms with Gasteiger partial charge in [0, 0.05) is 10.7 Å². The maximum atomic E-state index is 12.8. The van der Waals surface area contributed by atoms with E-state index in [2.05, 4.69) is 0 Å². The van der Waals surface area contributed by atoms with Crippen molar-refractivity contribution >= 4 is 27.3 Å². The van der Waals surface area contributed by atoms with Gasteiger partial charge in [-0.05, 0) is 30.5 Å². The quantitative estimate of drug-likeness (QED) is 0.308. The van der Waals surface area contributed by atoms with E-state index in [1.807, 2.05) is 13.8 Å². The highest BCUT2D eigenvalue weighted by Gasteiger charge is 2.25. The third-order valence-corrected chi connectivity index (χ3v) is 6.43. The maximum absolute atomic E-state index is 12.8. The predicted octanol–water partition coefficient (Wildman–Crippen LogP) is 4.94. The van der Waals surface area contributed by atoms with E-state index in [-0.39, 0.29) is 11.1 Å². The van der Waals surface area contributed by atoms with Crippen molar-refractivity contribution in [3.63, 3.8) is 0 Å². The van der Waals surface area contributed by atoms with E-state index in [0.717, 1.165) is 25.7 Å². The first kappa shape index (κ1) is 20.7. The summed E-state index contributed by atoms with van der Waals surface area (Å²) in [7, 11) is -1.72. The van der Waals surface area contributed by atoms with E-state index in [4.69, 9.17) is 19.7 Å². The highest BCUT2D eigenvalue weighted by molar-refractivity contribution is 8.13. The molecule has 0 amide bonds. The van der Waals surface area contributed by atoms with Gasteiger partial charge in [0.2, 0.25) is 0 Å². The Morgan fingerprint density at radius 2 is 1.48 bits per heavy atom. The number of unbranched alkanes of at least 4 members (excludes halogenated alkanes) is 2. The fraction of sp³-hybridized carbons (Fsp3) is 0.600. The Hall–Kier alpha value is -0.390. The Balaban J connectivity index is 2.80. The van der Waals surface area contributed by atoms with Crippen LogP contribution < -0.4 is 0 Å². The van der Waals surface area contributed by atoms with Gasteiger partial charge in [0.05, 0.1) is 24.3 Å². The molecule has 0 aliphatic heterocycles. The molecule has 0 saturated heterocycles. The molecule has 0 spiro atoms. The zero-order chi connectivity index (χ0) is 17.3. The van der Waals surface area contributed by atoms with Crippen LogP contribution in [0.4, 0.5) is 0 Å². The summed E-state index contributed by atoms with van der Waals surface area (Å²) in [5.41, 5.74) is 0.686. The molecule has 0 heterocycles. The van der Waals surface area contributed by atoms with E-state index in [1.54, 1.807) is 12.1 Å². The van der Waals surface area contributed by atoms with Crippen molar-refractivity contribution in [2.75, 3.05) is 13.2 Å². The Bertz CT molecular complexity index is 601. The molecule has 8 heteroatoms. The molecule has 23 heavy (non-hydrogen) atoms. The van der Waals surface area contributed by atoms with E-state index in [0.29, 0.717) is 18.8 Å². The average Bonchev–Trinajstić information content (AvgIpc) is 2.47. The van der Waals surface area contributed by atoms with Crippen LogP contribution >= 0.6 is 18.3 Å². The minimum atomic E-state index is -3.76. The van der Waals surface area contributed by atoms with Crippen molar-refractivity contribution in [1.29, 1.82) is 0 Å². The first-order valence-electron chi connectivity index (χ1n) is 7.72. The number of hydrogen-bond donors (Lipinski definition) is 0. The zero-order valence-electron chi connectivity index (χ0n) is 13.5. The minimum Gasteiger partial charge on any atom is -0.308 e. The molecule has 0 N–H and O–H groups in total. The lowest BCUT2D eigenvalue weighted by atomic mass is 10.2. The van der Waals surface area contributed by atoms with Crippen molar-refractivity contribution < 1.29 is 22.0 Å². The van der Waals surface area contributed by atoms with Crippen LogP contribution in [-0.4, -0.2) is 21.6 Å². The molecule has 0 atom stereocenters. The highest BCUT2D eigenvalue weighted by atomic mass is 35.7. The number of halogens is 1. The van der Waals surface area contributed by atoms with E-state index in [1.165, 1.54) is 12.1 Å². The number of hydrogen-bond acceptors (Lipinski definition) is 5. The summed E-state index contributed by atoms with van der Waals surface area (Å²) < 4.78 is 46.3. The third kappa shape index (κ3) is 7.81. The van der Waals surface area contributed by atoms with E-state index in [9.17, 15) is 13.0 Å². The lowest BCUT2D eigenvalue weighted by Crippen LogP contribution is -2.02. The van der Waals surface area contributed by atoms with Gasteiger partial charge in [-0.25, -0.2) is 8.42 Å². The van der Waals surface area contributed by atoms with Crippen LogP contribution in [0.3, 0.4) is 0 Å². The van der Waals surface area contributed by atoms with Crippen LogP contribution in [0.2, 0.25) is 0 Å². The van der Waals surface area contributed by atoms with Gasteiger partial charge in [-0.1, -0.05) is 38.8 Å².